The summed E-state index contributed by atoms with van der Waals surface area (Å²) in [5.74, 6) is 0.664. The zero-order valence-electron chi connectivity index (χ0n) is 18.5. The third-order valence-corrected chi connectivity index (χ3v) is 6.83. The maximum absolute atomic E-state index is 12.9. The van der Waals surface area contributed by atoms with E-state index in [0.717, 1.165) is 22.9 Å². The topological polar surface area (TPSA) is 55.8 Å². The van der Waals surface area contributed by atoms with Crippen molar-refractivity contribution in [1.29, 1.82) is 0 Å². The quantitative estimate of drug-likeness (QED) is 0.314. The molecule has 0 bridgehead atoms. The fourth-order valence-corrected chi connectivity index (χ4v) is 4.84. The van der Waals surface area contributed by atoms with Gasteiger partial charge in [-0.05, 0) is 60.2 Å². The fraction of sp³-hybridized carbons (Fsp3) is 0.154. The number of ether oxygens (including phenoxy) is 2. The number of benzene rings is 3. The second-order valence-electron chi connectivity index (χ2n) is 7.66. The minimum Gasteiger partial charge on any atom is -0.493 e. The molecule has 0 radical (unpaired) electrons. The van der Waals surface area contributed by atoms with Gasteiger partial charge in [-0.25, -0.2) is 0 Å². The van der Waals surface area contributed by atoms with Gasteiger partial charge in [-0.15, -0.1) is 0 Å². The van der Waals surface area contributed by atoms with Gasteiger partial charge in [0, 0.05) is 15.6 Å². The maximum Gasteiger partial charge on any atom is 0.293 e. The van der Waals surface area contributed by atoms with E-state index in [0.29, 0.717) is 37.6 Å². The van der Waals surface area contributed by atoms with Crippen LogP contribution in [0.15, 0.2) is 65.6 Å². The van der Waals surface area contributed by atoms with Gasteiger partial charge in [0.25, 0.3) is 11.1 Å². The number of hydrogen-bond acceptors (Lipinski definition) is 5. The van der Waals surface area contributed by atoms with Crippen LogP contribution in [0.4, 0.5) is 4.79 Å². The van der Waals surface area contributed by atoms with Gasteiger partial charge in [0.05, 0.1) is 18.6 Å². The normalized spacial score (nSPS) is 14.7. The summed E-state index contributed by atoms with van der Waals surface area (Å²) in [5.41, 5.74) is 3.34. The highest BCUT2D eigenvalue weighted by Crippen LogP contribution is 2.36. The Balaban J connectivity index is 1.54. The van der Waals surface area contributed by atoms with Crippen LogP contribution >= 0.6 is 35.0 Å². The number of carbonyl (C=O) groups excluding carboxylic acids is 2. The van der Waals surface area contributed by atoms with Crippen LogP contribution in [-0.4, -0.2) is 23.2 Å². The lowest BCUT2D eigenvalue weighted by atomic mass is 10.1. The molecule has 1 aliphatic heterocycles. The van der Waals surface area contributed by atoms with Crippen molar-refractivity contribution < 1.29 is 19.1 Å². The second kappa shape index (κ2) is 10.6. The van der Waals surface area contributed by atoms with Crippen molar-refractivity contribution in [2.24, 2.45) is 0 Å². The first-order valence-corrected chi connectivity index (χ1v) is 12.0. The van der Waals surface area contributed by atoms with Gasteiger partial charge in [-0.2, -0.15) is 0 Å². The molecule has 1 saturated heterocycles. The molecule has 174 valence electrons. The Morgan fingerprint density at radius 2 is 1.71 bits per heavy atom. The van der Waals surface area contributed by atoms with Crippen molar-refractivity contribution in [3.8, 4) is 11.5 Å². The Morgan fingerprint density at radius 1 is 0.971 bits per heavy atom. The average molecular weight is 514 g/mol. The van der Waals surface area contributed by atoms with Crippen molar-refractivity contribution in [2.75, 3.05) is 7.11 Å². The van der Waals surface area contributed by atoms with Crippen molar-refractivity contribution in [2.45, 2.75) is 20.1 Å². The molecule has 1 fully saturated rings. The standard InChI is InChI=1S/C26H21Cl2NO4S/c1-16-5-3-6-18(11-16)14-29-25(30)24(34-26(29)31)13-17-9-10-22(32-2)23(12-17)33-15-19-20(27)7-4-8-21(19)28/h3-13H,14-15H2,1-2H3/b24-13-. The first kappa shape index (κ1) is 24.2. The van der Waals surface area contributed by atoms with Crippen LogP contribution in [0.1, 0.15) is 22.3 Å². The number of thioether (sulfide) groups is 1. The summed E-state index contributed by atoms with van der Waals surface area (Å²) < 4.78 is 11.4. The molecule has 0 aliphatic carbocycles. The van der Waals surface area contributed by atoms with Crippen LogP contribution < -0.4 is 9.47 Å². The molecule has 34 heavy (non-hydrogen) atoms. The summed E-state index contributed by atoms with van der Waals surface area (Å²) in [4.78, 5) is 27.1. The molecule has 1 aliphatic rings. The minimum atomic E-state index is -0.322. The predicted octanol–water partition coefficient (Wildman–Crippen LogP) is 7.13. The molecule has 3 aromatic rings. The molecule has 0 saturated carbocycles. The summed E-state index contributed by atoms with van der Waals surface area (Å²) in [5, 5.41) is 0.714. The first-order valence-electron chi connectivity index (χ1n) is 10.4. The van der Waals surface area contributed by atoms with E-state index in [-0.39, 0.29) is 24.3 Å². The summed E-state index contributed by atoms with van der Waals surface area (Å²) in [6, 6.07) is 18.3. The number of aryl methyl sites for hydroxylation is 1. The Kier molecular flexibility index (Phi) is 7.51. The van der Waals surface area contributed by atoms with E-state index in [1.54, 1.807) is 49.6 Å². The summed E-state index contributed by atoms with van der Waals surface area (Å²) >= 11 is 13.4. The Morgan fingerprint density at radius 3 is 2.41 bits per heavy atom. The lowest BCUT2D eigenvalue weighted by molar-refractivity contribution is -0.123. The number of nitrogens with zero attached hydrogens (tertiary/aromatic N) is 1. The van der Waals surface area contributed by atoms with Gasteiger partial charge in [0.2, 0.25) is 0 Å². The van der Waals surface area contributed by atoms with Gasteiger partial charge in [0.1, 0.15) is 6.61 Å². The van der Waals surface area contributed by atoms with Crippen molar-refractivity contribution >= 4 is 52.2 Å². The van der Waals surface area contributed by atoms with E-state index >= 15 is 0 Å². The number of carbonyl (C=O) groups is 2. The number of methoxy groups -OCH3 is 1. The zero-order chi connectivity index (χ0) is 24.2. The fourth-order valence-electron chi connectivity index (χ4n) is 3.50. The lowest BCUT2D eigenvalue weighted by Crippen LogP contribution is -2.27. The van der Waals surface area contributed by atoms with E-state index in [2.05, 4.69) is 0 Å². The molecule has 0 N–H and O–H groups in total. The van der Waals surface area contributed by atoms with Crippen LogP contribution in [0.25, 0.3) is 6.08 Å². The molecule has 0 spiro atoms. The van der Waals surface area contributed by atoms with Gasteiger partial charge >= 0.3 is 0 Å². The van der Waals surface area contributed by atoms with Crippen molar-refractivity contribution in [3.63, 3.8) is 0 Å². The number of amides is 2. The lowest BCUT2D eigenvalue weighted by Gasteiger charge is -2.13. The molecular formula is C26H21Cl2NO4S. The molecule has 4 rings (SSSR count). The number of rotatable bonds is 7. The molecule has 8 heteroatoms. The van der Waals surface area contributed by atoms with Crippen LogP contribution in [-0.2, 0) is 17.9 Å². The number of imide groups is 1. The third-order valence-electron chi connectivity index (χ3n) is 5.22. The highest BCUT2D eigenvalue weighted by molar-refractivity contribution is 8.18. The Bertz CT molecular complexity index is 1270. The van der Waals surface area contributed by atoms with E-state index in [4.69, 9.17) is 32.7 Å². The second-order valence-corrected chi connectivity index (χ2v) is 9.46. The molecule has 2 amide bonds. The third kappa shape index (κ3) is 5.41. The summed E-state index contributed by atoms with van der Waals surface area (Å²) in [6.45, 7) is 2.35. The molecule has 1 heterocycles. The van der Waals surface area contributed by atoms with E-state index in [9.17, 15) is 9.59 Å². The van der Waals surface area contributed by atoms with Gasteiger partial charge in [0.15, 0.2) is 11.5 Å². The first-order chi connectivity index (χ1) is 16.4. The van der Waals surface area contributed by atoms with Gasteiger partial charge in [-0.1, -0.05) is 65.2 Å². The monoisotopic (exact) mass is 513 g/mol. The SMILES string of the molecule is COc1ccc(/C=C2\SC(=O)N(Cc3cccc(C)c3)C2=O)cc1OCc1c(Cl)cccc1Cl. The van der Waals surface area contributed by atoms with E-state index in [1.807, 2.05) is 31.2 Å². The Labute approximate surface area is 212 Å². The van der Waals surface area contributed by atoms with Crippen LogP contribution in [0, 0.1) is 6.92 Å². The number of halogens is 2. The van der Waals surface area contributed by atoms with Gasteiger partial charge < -0.3 is 9.47 Å². The van der Waals surface area contributed by atoms with Crippen LogP contribution in [0.3, 0.4) is 0 Å². The molecule has 3 aromatic carbocycles. The highest BCUT2D eigenvalue weighted by Gasteiger charge is 2.35. The van der Waals surface area contributed by atoms with Crippen LogP contribution in [0.5, 0.6) is 11.5 Å². The summed E-state index contributed by atoms with van der Waals surface area (Å²) in [7, 11) is 1.54. The average Bonchev–Trinajstić information content (AvgIpc) is 3.06. The molecule has 0 unspecified atom stereocenters. The smallest absolute Gasteiger partial charge is 0.293 e. The molecule has 0 aromatic heterocycles. The highest BCUT2D eigenvalue weighted by atomic mass is 35.5. The van der Waals surface area contributed by atoms with Gasteiger partial charge in [-0.3, -0.25) is 14.5 Å². The molecular weight excluding hydrogens is 493 g/mol. The number of hydrogen-bond donors (Lipinski definition) is 0. The van der Waals surface area contributed by atoms with Crippen LogP contribution in [0.2, 0.25) is 10.0 Å². The Hall–Kier alpha value is -2.93. The largest absolute Gasteiger partial charge is 0.493 e. The van der Waals surface area contributed by atoms with E-state index < -0.39 is 0 Å². The van der Waals surface area contributed by atoms with Crippen molar-refractivity contribution in [1.82, 2.24) is 4.90 Å². The zero-order valence-corrected chi connectivity index (χ0v) is 20.8. The summed E-state index contributed by atoms with van der Waals surface area (Å²) in [6.07, 6.45) is 1.68. The van der Waals surface area contributed by atoms with E-state index in [1.165, 1.54) is 4.90 Å². The minimum absolute atomic E-state index is 0.144. The maximum atomic E-state index is 12.9. The van der Waals surface area contributed by atoms with Crippen molar-refractivity contribution in [3.05, 3.63) is 97.9 Å². The molecule has 5 nitrogen and oxygen atoms in total. The predicted molar refractivity (Wildman–Crippen MR) is 136 cm³/mol. The molecule has 0 atom stereocenters.